The monoisotopic (exact) mass is 214 g/mol. The van der Waals surface area contributed by atoms with Gasteiger partial charge in [0.2, 0.25) is 0 Å². The second kappa shape index (κ2) is 3.74. The van der Waals surface area contributed by atoms with E-state index < -0.39 is 0 Å². The number of Topliss-reactive ketones (excluding diaryl/α,β-unsaturated/α-hetero) is 1. The molecule has 3 rings (SSSR count). The van der Waals surface area contributed by atoms with E-state index >= 15 is 0 Å². The van der Waals surface area contributed by atoms with Gasteiger partial charge in [-0.05, 0) is 30.5 Å². The molecule has 3 heteroatoms. The number of fused-ring (bicyclic) bond motifs is 1. The van der Waals surface area contributed by atoms with Crippen LogP contribution >= 0.6 is 0 Å². The number of anilines is 1. The highest BCUT2D eigenvalue weighted by molar-refractivity contribution is 6.29. The van der Waals surface area contributed by atoms with Crippen molar-refractivity contribution in [1.82, 2.24) is 0 Å². The number of carbonyl (C=O) groups excluding carboxylic acids is 1. The molecule has 1 aromatic carbocycles. The number of hydrogen-bond donors (Lipinski definition) is 0. The number of nitrogens with zero attached hydrogens (tertiary/aromatic N) is 2. The lowest BCUT2D eigenvalue weighted by Gasteiger charge is -2.19. The molecule has 0 unspecified atom stereocenters. The fourth-order valence-electron chi connectivity index (χ4n) is 2.37. The number of aliphatic imine (C=N–C) groups is 1. The van der Waals surface area contributed by atoms with E-state index in [9.17, 15) is 4.79 Å². The van der Waals surface area contributed by atoms with Gasteiger partial charge < -0.3 is 4.90 Å². The third kappa shape index (κ3) is 1.62. The van der Waals surface area contributed by atoms with Gasteiger partial charge in [-0.3, -0.25) is 9.79 Å². The third-order valence-electron chi connectivity index (χ3n) is 3.25. The van der Waals surface area contributed by atoms with E-state index in [0.717, 1.165) is 24.3 Å². The van der Waals surface area contributed by atoms with Crippen molar-refractivity contribution in [2.24, 2.45) is 4.99 Å². The predicted octanol–water partition coefficient (Wildman–Crippen LogP) is 2.11. The van der Waals surface area contributed by atoms with Crippen molar-refractivity contribution in [2.75, 3.05) is 18.0 Å². The van der Waals surface area contributed by atoms with Crippen LogP contribution < -0.4 is 4.90 Å². The molecule has 0 aromatic heterocycles. The number of ketones is 1. The summed E-state index contributed by atoms with van der Waals surface area (Å²) >= 11 is 0. The molecule has 2 aliphatic rings. The first-order chi connectivity index (χ1) is 7.83. The highest BCUT2D eigenvalue weighted by atomic mass is 16.1. The van der Waals surface area contributed by atoms with Crippen LogP contribution in [0, 0.1) is 0 Å². The van der Waals surface area contributed by atoms with Crippen LogP contribution in [0.2, 0.25) is 0 Å². The molecule has 16 heavy (non-hydrogen) atoms. The van der Waals surface area contributed by atoms with Crippen molar-refractivity contribution in [3.8, 4) is 0 Å². The predicted molar refractivity (Wildman–Crippen MR) is 64.8 cm³/mol. The number of hydrogen-bond acceptors (Lipinski definition) is 3. The van der Waals surface area contributed by atoms with Crippen LogP contribution in [-0.4, -0.2) is 25.1 Å². The molecular weight excluding hydrogens is 200 g/mol. The Bertz CT molecular complexity index is 459. The largest absolute Gasteiger partial charge is 0.371 e. The van der Waals surface area contributed by atoms with Gasteiger partial charge in [0.1, 0.15) is 0 Å². The molecule has 1 aromatic rings. The van der Waals surface area contributed by atoms with Crippen molar-refractivity contribution >= 4 is 23.4 Å². The molecule has 82 valence electrons. The molecular formula is C13H14N2O. The molecule has 0 N–H and O–H groups in total. The van der Waals surface area contributed by atoms with Crippen molar-refractivity contribution in [3.63, 3.8) is 0 Å². The van der Waals surface area contributed by atoms with Crippen molar-refractivity contribution in [2.45, 2.75) is 19.3 Å². The number of carbonyl (C=O) groups is 1. The van der Waals surface area contributed by atoms with Gasteiger partial charge in [-0.1, -0.05) is 6.07 Å². The van der Waals surface area contributed by atoms with Gasteiger partial charge in [-0.15, -0.1) is 0 Å². The van der Waals surface area contributed by atoms with Gasteiger partial charge in [0.05, 0.1) is 11.9 Å². The van der Waals surface area contributed by atoms with E-state index in [1.165, 1.54) is 24.7 Å². The normalized spacial score (nSPS) is 19.0. The molecule has 0 aliphatic carbocycles. The summed E-state index contributed by atoms with van der Waals surface area (Å²) in [6.07, 6.45) is 4.49. The summed E-state index contributed by atoms with van der Waals surface area (Å²) in [5.41, 5.74) is 3.25. The molecule has 0 amide bonds. The fourth-order valence-corrected chi connectivity index (χ4v) is 2.37. The fraction of sp³-hybridized carbons (Fsp3) is 0.385. The first-order valence-electron chi connectivity index (χ1n) is 5.78. The van der Waals surface area contributed by atoms with Gasteiger partial charge in [0.25, 0.3) is 0 Å². The maximum atomic E-state index is 11.2. The van der Waals surface area contributed by atoms with Gasteiger partial charge in [-0.25, -0.2) is 0 Å². The minimum Gasteiger partial charge on any atom is -0.371 e. The molecule has 0 spiro atoms. The molecule has 0 radical (unpaired) electrons. The van der Waals surface area contributed by atoms with Crippen LogP contribution in [0.25, 0.3) is 0 Å². The Balaban J connectivity index is 1.94. The first-order valence-corrected chi connectivity index (χ1v) is 5.78. The highest BCUT2D eigenvalue weighted by Gasteiger charge is 2.16. The first kappa shape index (κ1) is 9.58. The quantitative estimate of drug-likeness (QED) is 0.717. The van der Waals surface area contributed by atoms with E-state index in [0.29, 0.717) is 6.42 Å². The maximum Gasteiger partial charge on any atom is 0.178 e. The van der Waals surface area contributed by atoms with Crippen LogP contribution in [0.5, 0.6) is 0 Å². The lowest BCUT2D eigenvalue weighted by Crippen LogP contribution is -2.18. The zero-order valence-corrected chi connectivity index (χ0v) is 9.15. The topological polar surface area (TPSA) is 32.7 Å². The molecule has 1 saturated heterocycles. The summed E-state index contributed by atoms with van der Waals surface area (Å²) in [6.45, 7) is 2.28. The number of rotatable bonds is 1. The van der Waals surface area contributed by atoms with E-state index in [1.54, 1.807) is 0 Å². The van der Waals surface area contributed by atoms with Gasteiger partial charge in [-0.2, -0.15) is 0 Å². The zero-order valence-electron chi connectivity index (χ0n) is 9.15. The molecule has 1 fully saturated rings. The Morgan fingerprint density at radius 2 is 2.00 bits per heavy atom. The van der Waals surface area contributed by atoms with Gasteiger partial charge >= 0.3 is 0 Å². The minimum atomic E-state index is 0.0985. The molecule has 2 heterocycles. The van der Waals surface area contributed by atoms with E-state index in [4.69, 9.17) is 0 Å². The zero-order chi connectivity index (χ0) is 11.0. The van der Waals surface area contributed by atoms with Crippen molar-refractivity contribution < 1.29 is 4.79 Å². The lowest BCUT2D eigenvalue weighted by molar-refractivity contribution is -0.112. The average Bonchev–Trinajstić information content (AvgIpc) is 2.82. The second-order valence-corrected chi connectivity index (χ2v) is 4.41. The molecule has 0 bridgehead atoms. The van der Waals surface area contributed by atoms with Gasteiger partial charge in [0.15, 0.2) is 5.78 Å². The van der Waals surface area contributed by atoms with Crippen LogP contribution in [0.15, 0.2) is 23.2 Å². The van der Waals surface area contributed by atoms with E-state index in [2.05, 4.69) is 22.0 Å². The van der Waals surface area contributed by atoms with Crippen molar-refractivity contribution in [3.05, 3.63) is 23.8 Å². The minimum absolute atomic E-state index is 0.0985. The SMILES string of the molecule is O=C1C=Nc2cc(N3CCCC3)ccc2C1. The summed E-state index contributed by atoms with van der Waals surface area (Å²) in [6, 6.07) is 6.25. The Labute approximate surface area is 94.8 Å². The third-order valence-corrected chi connectivity index (χ3v) is 3.25. The molecule has 2 aliphatic heterocycles. The standard InChI is InChI=1S/C13H14N2O/c16-12-7-10-3-4-11(8-13(10)14-9-12)15-5-1-2-6-15/h3-4,8-9H,1-2,5-7H2. The van der Waals surface area contributed by atoms with Crippen molar-refractivity contribution in [1.29, 1.82) is 0 Å². The Kier molecular flexibility index (Phi) is 2.24. The summed E-state index contributed by atoms with van der Waals surface area (Å²) in [7, 11) is 0. The van der Waals surface area contributed by atoms with Crippen LogP contribution in [0.3, 0.4) is 0 Å². The highest BCUT2D eigenvalue weighted by Crippen LogP contribution is 2.29. The Hall–Kier alpha value is -1.64. The summed E-state index contributed by atoms with van der Waals surface area (Å²) in [5, 5.41) is 0. The van der Waals surface area contributed by atoms with E-state index in [1.807, 2.05) is 6.07 Å². The molecule has 0 saturated carbocycles. The Morgan fingerprint density at radius 1 is 1.19 bits per heavy atom. The number of benzene rings is 1. The second-order valence-electron chi connectivity index (χ2n) is 4.41. The molecule has 0 atom stereocenters. The summed E-state index contributed by atoms with van der Waals surface area (Å²) < 4.78 is 0. The molecule has 3 nitrogen and oxygen atoms in total. The lowest BCUT2D eigenvalue weighted by atomic mass is 10.0. The Morgan fingerprint density at radius 3 is 2.81 bits per heavy atom. The van der Waals surface area contributed by atoms with Gasteiger partial charge in [0, 0.05) is 25.2 Å². The summed E-state index contributed by atoms with van der Waals surface area (Å²) in [5.74, 6) is 0.0985. The van der Waals surface area contributed by atoms with Crippen LogP contribution in [-0.2, 0) is 11.2 Å². The smallest absolute Gasteiger partial charge is 0.178 e. The van der Waals surface area contributed by atoms with E-state index in [-0.39, 0.29) is 5.78 Å². The maximum absolute atomic E-state index is 11.2. The van der Waals surface area contributed by atoms with Crippen LogP contribution in [0.1, 0.15) is 18.4 Å². The average molecular weight is 214 g/mol. The summed E-state index contributed by atoms with van der Waals surface area (Å²) in [4.78, 5) is 17.8. The van der Waals surface area contributed by atoms with Crippen LogP contribution in [0.4, 0.5) is 11.4 Å².